The first-order valence-electron chi connectivity index (χ1n) is 11.3. The Morgan fingerprint density at radius 2 is 2.00 bits per heavy atom. The molecule has 0 saturated carbocycles. The lowest BCUT2D eigenvalue weighted by atomic mass is 9.98. The maximum Gasteiger partial charge on any atom is 0.357 e. The highest BCUT2D eigenvalue weighted by Gasteiger charge is 2.48. The van der Waals surface area contributed by atoms with Crippen LogP contribution < -0.4 is 0 Å². The lowest BCUT2D eigenvalue weighted by molar-refractivity contribution is -0.144. The topological polar surface area (TPSA) is 109 Å². The number of methoxy groups -OCH3 is 1. The van der Waals surface area contributed by atoms with Gasteiger partial charge in [-0.25, -0.2) is 9.78 Å². The van der Waals surface area contributed by atoms with Crippen molar-refractivity contribution in [3.63, 3.8) is 0 Å². The minimum absolute atomic E-state index is 0.136. The fourth-order valence-corrected chi connectivity index (χ4v) is 5.57. The molecule has 10 heteroatoms. The van der Waals surface area contributed by atoms with Crippen molar-refractivity contribution in [3.8, 4) is 21.8 Å². The Kier molecular flexibility index (Phi) is 5.97. The zero-order valence-corrected chi connectivity index (χ0v) is 19.9. The van der Waals surface area contributed by atoms with E-state index in [-0.39, 0.29) is 12.2 Å². The largest absolute Gasteiger partial charge is 0.464 e. The van der Waals surface area contributed by atoms with Crippen molar-refractivity contribution < 1.29 is 24.0 Å². The normalized spacial score (nSPS) is 20.9. The van der Waals surface area contributed by atoms with Crippen molar-refractivity contribution in [3.05, 3.63) is 46.7 Å². The van der Waals surface area contributed by atoms with E-state index in [1.54, 1.807) is 13.1 Å². The Hall–Kier alpha value is -3.08. The fourth-order valence-electron chi connectivity index (χ4n) is 4.48. The summed E-state index contributed by atoms with van der Waals surface area (Å²) in [6.07, 6.45) is 2.59. The van der Waals surface area contributed by atoms with Gasteiger partial charge in [-0.1, -0.05) is 23.4 Å². The first-order valence-corrected chi connectivity index (χ1v) is 12.1. The highest BCUT2D eigenvalue weighted by molar-refractivity contribution is 7.15. The van der Waals surface area contributed by atoms with E-state index in [2.05, 4.69) is 15.0 Å². The van der Waals surface area contributed by atoms with Crippen LogP contribution in [0.1, 0.15) is 40.4 Å². The van der Waals surface area contributed by atoms with Gasteiger partial charge in [-0.3, -0.25) is 9.69 Å². The third-order valence-electron chi connectivity index (χ3n) is 6.47. The summed E-state index contributed by atoms with van der Waals surface area (Å²) in [7, 11) is 3.01. The van der Waals surface area contributed by atoms with Crippen LogP contribution in [0.25, 0.3) is 21.8 Å². The number of carbonyl (C=O) groups excluding carboxylic acids is 2. The van der Waals surface area contributed by atoms with Crippen molar-refractivity contribution >= 4 is 23.2 Å². The average Bonchev–Trinajstić information content (AvgIpc) is 3.65. The van der Waals surface area contributed by atoms with Gasteiger partial charge in [-0.05, 0) is 32.0 Å². The molecule has 34 heavy (non-hydrogen) atoms. The molecule has 2 fully saturated rings. The number of hydrogen-bond donors (Lipinski definition) is 1. The molecule has 0 spiro atoms. The number of aromatic nitrogens is 2. The molecular weight excluding hydrogens is 456 g/mol. The van der Waals surface area contributed by atoms with E-state index in [1.807, 2.05) is 24.3 Å². The predicted octanol–water partition coefficient (Wildman–Crippen LogP) is 2.90. The second-order valence-corrected chi connectivity index (χ2v) is 9.84. The van der Waals surface area contributed by atoms with E-state index in [0.717, 1.165) is 41.9 Å². The number of benzene rings is 1. The second kappa shape index (κ2) is 8.94. The molecule has 2 aliphatic heterocycles. The van der Waals surface area contributed by atoms with E-state index in [0.29, 0.717) is 29.5 Å². The molecule has 1 N–H and O–H groups in total. The first-order chi connectivity index (χ1) is 16.4. The molecule has 2 aliphatic rings. The number of esters is 1. The summed E-state index contributed by atoms with van der Waals surface area (Å²) < 4.78 is 10.4. The number of nitrogens with zero attached hydrogens (tertiary/aromatic N) is 4. The van der Waals surface area contributed by atoms with Crippen molar-refractivity contribution in [1.29, 1.82) is 0 Å². The van der Waals surface area contributed by atoms with Gasteiger partial charge < -0.3 is 19.3 Å². The Morgan fingerprint density at radius 3 is 2.71 bits per heavy atom. The van der Waals surface area contributed by atoms with Gasteiger partial charge in [0.1, 0.15) is 10.7 Å². The van der Waals surface area contributed by atoms with Crippen LogP contribution in [0.4, 0.5) is 0 Å². The van der Waals surface area contributed by atoms with Gasteiger partial charge in [0.2, 0.25) is 5.60 Å². The number of likely N-dealkylation sites (N-methyl/N-ethyl adjacent to an activating group) is 1. The van der Waals surface area contributed by atoms with Gasteiger partial charge in [0.15, 0.2) is 11.5 Å². The zero-order valence-electron chi connectivity index (χ0n) is 19.1. The number of rotatable bonds is 6. The molecule has 9 nitrogen and oxygen atoms in total. The van der Waals surface area contributed by atoms with Crippen LogP contribution in [0, 0.1) is 0 Å². The molecule has 3 aromatic rings. The van der Waals surface area contributed by atoms with E-state index in [4.69, 9.17) is 9.26 Å². The van der Waals surface area contributed by atoms with Gasteiger partial charge >= 0.3 is 5.97 Å². The van der Waals surface area contributed by atoms with Crippen molar-refractivity contribution in [1.82, 2.24) is 19.9 Å². The summed E-state index contributed by atoms with van der Waals surface area (Å²) in [4.78, 5) is 34.1. The fraction of sp³-hybridized carbons (Fsp3) is 0.417. The Labute approximate surface area is 200 Å². The number of hydrogen-bond acceptors (Lipinski definition) is 9. The monoisotopic (exact) mass is 482 g/mol. The van der Waals surface area contributed by atoms with Gasteiger partial charge in [-0.2, -0.15) is 0 Å². The minimum atomic E-state index is -1.69. The van der Waals surface area contributed by atoms with Crippen molar-refractivity contribution in [2.75, 3.05) is 33.8 Å². The van der Waals surface area contributed by atoms with Gasteiger partial charge in [0.25, 0.3) is 5.91 Å². The molecule has 1 amide bonds. The van der Waals surface area contributed by atoms with E-state index < -0.39 is 17.5 Å². The van der Waals surface area contributed by atoms with Crippen LogP contribution in [-0.4, -0.2) is 70.7 Å². The maximum atomic E-state index is 12.4. The van der Waals surface area contributed by atoms with Crippen LogP contribution in [0.15, 0.2) is 34.9 Å². The molecule has 178 valence electrons. The third kappa shape index (κ3) is 4.02. The zero-order chi connectivity index (χ0) is 23.9. The Balaban J connectivity index is 1.45. The van der Waals surface area contributed by atoms with Crippen LogP contribution >= 0.6 is 11.3 Å². The standard InChI is InChI=1S/C24H26N4O5S/c1-27-11-8-24(31,23(27)30)19-13-17(26-33-19)15-6-5-7-16(12-15)21-25-20(22(29)32-2)18(34-21)14-28-9-3-4-10-28/h5-7,12-13,31H,3-4,8-11,14H2,1-2H3. The number of carbonyl (C=O) groups is 2. The highest BCUT2D eigenvalue weighted by Crippen LogP contribution is 2.36. The maximum absolute atomic E-state index is 12.4. The van der Waals surface area contributed by atoms with Gasteiger partial charge in [-0.15, -0.1) is 11.3 Å². The Bertz CT molecular complexity index is 1230. The summed E-state index contributed by atoms with van der Waals surface area (Å²) >= 11 is 1.48. The minimum Gasteiger partial charge on any atom is -0.464 e. The number of likely N-dealkylation sites (tertiary alicyclic amines) is 2. The molecule has 1 unspecified atom stereocenters. The van der Waals surface area contributed by atoms with E-state index >= 15 is 0 Å². The quantitative estimate of drug-likeness (QED) is 0.534. The summed E-state index contributed by atoms with van der Waals surface area (Å²) in [6, 6.07) is 9.19. The van der Waals surface area contributed by atoms with Crippen molar-refractivity contribution in [2.45, 2.75) is 31.4 Å². The molecule has 5 rings (SSSR count). The summed E-state index contributed by atoms with van der Waals surface area (Å²) in [6.45, 7) is 3.16. The third-order valence-corrected chi connectivity index (χ3v) is 7.56. The van der Waals surface area contributed by atoms with Crippen LogP contribution in [0.5, 0.6) is 0 Å². The van der Waals surface area contributed by atoms with E-state index in [9.17, 15) is 14.7 Å². The van der Waals surface area contributed by atoms with Crippen LogP contribution in [-0.2, 0) is 21.7 Å². The Morgan fingerprint density at radius 1 is 1.24 bits per heavy atom. The lowest BCUT2D eigenvalue weighted by Gasteiger charge is -2.16. The summed E-state index contributed by atoms with van der Waals surface area (Å²) in [5.74, 6) is -0.696. The average molecular weight is 483 g/mol. The SMILES string of the molecule is COC(=O)c1nc(-c2cccc(-c3cc(C4(O)CCN(C)C4=O)on3)c2)sc1CN1CCCC1. The number of amides is 1. The number of thiazole rings is 1. The molecule has 0 bridgehead atoms. The van der Waals surface area contributed by atoms with Crippen LogP contribution in [0.2, 0.25) is 0 Å². The summed E-state index contributed by atoms with van der Waals surface area (Å²) in [5, 5.41) is 15.7. The lowest BCUT2D eigenvalue weighted by Crippen LogP contribution is -2.35. The molecule has 2 saturated heterocycles. The van der Waals surface area contributed by atoms with Gasteiger partial charge in [0.05, 0.1) is 12.0 Å². The first kappa shape index (κ1) is 22.7. The van der Waals surface area contributed by atoms with Gasteiger partial charge in [0, 0.05) is 43.8 Å². The molecule has 0 aliphatic carbocycles. The molecule has 1 atom stereocenters. The smallest absolute Gasteiger partial charge is 0.357 e. The van der Waals surface area contributed by atoms with E-state index in [1.165, 1.54) is 23.3 Å². The molecule has 1 aromatic carbocycles. The summed E-state index contributed by atoms with van der Waals surface area (Å²) in [5.41, 5.74) is 0.766. The molecular formula is C24H26N4O5S. The molecule has 0 radical (unpaired) electrons. The number of aliphatic hydroxyl groups is 1. The number of ether oxygens (including phenoxy) is 1. The predicted molar refractivity (Wildman–Crippen MR) is 125 cm³/mol. The molecule has 4 heterocycles. The van der Waals surface area contributed by atoms with Crippen molar-refractivity contribution in [2.24, 2.45) is 0 Å². The van der Waals surface area contributed by atoms with Crippen LogP contribution in [0.3, 0.4) is 0 Å². The molecule has 2 aromatic heterocycles. The second-order valence-electron chi connectivity index (χ2n) is 8.76. The highest BCUT2D eigenvalue weighted by atomic mass is 32.1.